The average molecular weight is 310 g/mol. The zero-order valence-electron chi connectivity index (χ0n) is 11.7. The molecule has 0 radical (unpaired) electrons. The fourth-order valence-electron chi connectivity index (χ4n) is 2.85. The van der Waals surface area contributed by atoms with Crippen LogP contribution in [-0.4, -0.2) is 65.2 Å². The van der Waals surface area contributed by atoms with Crippen molar-refractivity contribution < 1.29 is 5.11 Å². The van der Waals surface area contributed by atoms with Gasteiger partial charge in [-0.15, -0.1) is 0 Å². The summed E-state index contributed by atoms with van der Waals surface area (Å²) in [5, 5.41) is 9.59. The number of anilines is 1. The molecule has 1 N–H and O–H groups in total. The predicted octanol–water partition coefficient (Wildman–Crippen LogP) is 2.36. The highest BCUT2D eigenvalue weighted by atomic mass is 32.2. The molecule has 1 aromatic carbocycles. The zero-order chi connectivity index (χ0) is 13.8. The van der Waals surface area contributed by atoms with Crippen molar-refractivity contribution in [2.45, 2.75) is 6.04 Å². The Morgan fingerprint density at radius 1 is 1.00 bits per heavy atom. The Morgan fingerprint density at radius 3 is 2.35 bits per heavy atom. The molecule has 0 aliphatic carbocycles. The van der Waals surface area contributed by atoms with Gasteiger partial charge in [0.25, 0.3) is 0 Å². The normalized spacial score (nSPS) is 22.7. The van der Waals surface area contributed by atoms with Gasteiger partial charge in [0, 0.05) is 67.0 Å². The van der Waals surface area contributed by atoms with Crippen molar-refractivity contribution in [1.82, 2.24) is 4.90 Å². The molecule has 1 aromatic rings. The molecule has 2 aliphatic heterocycles. The van der Waals surface area contributed by atoms with Gasteiger partial charge in [-0.1, -0.05) is 6.07 Å². The van der Waals surface area contributed by atoms with E-state index in [-0.39, 0.29) is 0 Å². The molecule has 0 aromatic heterocycles. The molecule has 0 saturated carbocycles. The summed E-state index contributed by atoms with van der Waals surface area (Å²) in [6.45, 7) is 4.41. The van der Waals surface area contributed by atoms with Crippen LogP contribution >= 0.6 is 23.5 Å². The van der Waals surface area contributed by atoms with Crippen LogP contribution in [0.15, 0.2) is 24.3 Å². The molecule has 20 heavy (non-hydrogen) atoms. The van der Waals surface area contributed by atoms with Crippen LogP contribution in [-0.2, 0) is 0 Å². The summed E-state index contributed by atoms with van der Waals surface area (Å²) in [6, 6.07) is 8.37. The summed E-state index contributed by atoms with van der Waals surface area (Å²) >= 11 is 4.21. The molecule has 0 atom stereocenters. The summed E-state index contributed by atoms with van der Waals surface area (Å²) in [6.07, 6.45) is 0. The van der Waals surface area contributed by atoms with Crippen LogP contribution in [0.3, 0.4) is 0 Å². The van der Waals surface area contributed by atoms with E-state index in [4.69, 9.17) is 0 Å². The van der Waals surface area contributed by atoms with E-state index in [9.17, 15) is 5.11 Å². The van der Waals surface area contributed by atoms with Crippen molar-refractivity contribution in [2.75, 3.05) is 54.1 Å². The number of phenols is 1. The second-order valence-corrected chi connectivity index (χ2v) is 7.65. The molecule has 0 bridgehead atoms. The third-order valence-corrected chi connectivity index (χ3v) is 6.50. The first-order valence-corrected chi connectivity index (χ1v) is 9.57. The standard InChI is InChI=1S/C15H22N2OS2/c18-15-3-1-2-13(10-15)16-4-6-17(7-5-16)14-11-19-8-9-20-12-14/h1-3,10,14,18H,4-9,11-12H2. The van der Waals surface area contributed by atoms with Gasteiger partial charge in [-0.05, 0) is 12.1 Å². The van der Waals surface area contributed by atoms with Gasteiger partial charge >= 0.3 is 0 Å². The number of phenolic OH excluding ortho intramolecular Hbond substituents is 1. The third kappa shape index (κ3) is 3.57. The number of piperazine rings is 1. The van der Waals surface area contributed by atoms with Gasteiger partial charge in [0.1, 0.15) is 5.75 Å². The first kappa shape index (κ1) is 14.4. The highest BCUT2D eigenvalue weighted by molar-refractivity contribution is 8.03. The van der Waals surface area contributed by atoms with Gasteiger partial charge in [0.2, 0.25) is 0 Å². The minimum Gasteiger partial charge on any atom is -0.508 e. The molecule has 0 spiro atoms. The van der Waals surface area contributed by atoms with Crippen molar-refractivity contribution in [3.8, 4) is 5.75 Å². The third-order valence-electron chi connectivity index (χ3n) is 4.02. The zero-order valence-corrected chi connectivity index (χ0v) is 13.3. The monoisotopic (exact) mass is 310 g/mol. The Balaban J connectivity index is 1.56. The highest BCUT2D eigenvalue weighted by Crippen LogP contribution is 2.24. The first-order valence-electron chi connectivity index (χ1n) is 7.26. The second-order valence-electron chi connectivity index (χ2n) is 5.35. The van der Waals surface area contributed by atoms with E-state index in [0.717, 1.165) is 37.9 Å². The number of nitrogens with zero attached hydrogens (tertiary/aromatic N) is 2. The van der Waals surface area contributed by atoms with Crippen LogP contribution in [0.25, 0.3) is 0 Å². The Bertz CT molecular complexity index is 428. The average Bonchev–Trinajstić information content (AvgIpc) is 2.76. The Hall–Kier alpha value is -0.520. The predicted molar refractivity (Wildman–Crippen MR) is 90.3 cm³/mol. The summed E-state index contributed by atoms with van der Waals surface area (Å²) in [7, 11) is 0. The highest BCUT2D eigenvalue weighted by Gasteiger charge is 2.25. The summed E-state index contributed by atoms with van der Waals surface area (Å²) in [5.74, 6) is 5.56. The molecule has 0 unspecified atom stereocenters. The van der Waals surface area contributed by atoms with Gasteiger partial charge in [-0.2, -0.15) is 23.5 Å². The van der Waals surface area contributed by atoms with Crippen molar-refractivity contribution in [3.05, 3.63) is 24.3 Å². The lowest BCUT2D eigenvalue weighted by atomic mass is 10.2. The molecule has 2 saturated heterocycles. The molecule has 2 heterocycles. The second kappa shape index (κ2) is 6.96. The molecule has 3 nitrogen and oxygen atoms in total. The number of hydrogen-bond donors (Lipinski definition) is 1. The molecule has 2 aliphatic rings. The summed E-state index contributed by atoms with van der Waals surface area (Å²) in [5.41, 5.74) is 1.15. The lowest BCUT2D eigenvalue weighted by molar-refractivity contribution is 0.215. The van der Waals surface area contributed by atoms with E-state index in [1.165, 1.54) is 23.0 Å². The van der Waals surface area contributed by atoms with Crippen LogP contribution in [0.2, 0.25) is 0 Å². The smallest absolute Gasteiger partial charge is 0.117 e. The fraction of sp³-hybridized carbons (Fsp3) is 0.600. The quantitative estimate of drug-likeness (QED) is 0.905. The van der Waals surface area contributed by atoms with Gasteiger partial charge in [0.15, 0.2) is 0 Å². The lowest BCUT2D eigenvalue weighted by Crippen LogP contribution is -2.51. The maximum atomic E-state index is 9.59. The molecule has 3 rings (SSSR count). The van der Waals surface area contributed by atoms with E-state index in [0.29, 0.717) is 5.75 Å². The molecular weight excluding hydrogens is 288 g/mol. The van der Waals surface area contributed by atoms with Crippen molar-refractivity contribution >= 4 is 29.2 Å². The Morgan fingerprint density at radius 2 is 1.70 bits per heavy atom. The van der Waals surface area contributed by atoms with E-state index in [1.807, 2.05) is 12.1 Å². The van der Waals surface area contributed by atoms with Gasteiger partial charge in [-0.25, -0.2) is 0 Å². The largest absolute Gasteiger partial charge is 0.508 e. The molecule has 110 valence electrons. The molecule has 5 heteroatoms. The van der Waals surface area contributed by atoms with E-state index < -0.39 is 0 Å². The van der Waals surface area contributed by atoms with Crippen LogP contribution in [0.1, 0.15) is 0 Å². The van der Waals surface area contributed by atoms with Gasteiger partial charge in [0.05, 0.1) is 0 Å². The minimum atomic E-state index is 0.362. The SMILES string of the molecule is Oc1cccc(N2CCN(C3CSCCSC3)CC2)c1. The number of rotatable bonds is 2. The first-order chi connectivity index (χ1) is 9.83. The van der Waals surface area contributed by atoms with Gasteiger partial charge < -0.3 is 10.0 Å². The van der Waals surface area contributed by atoms with Crippen molar-refractivity contribution in [2.24, 2.45) is 0 Å². The van der Waals surface area contributed by atoms with Crippen LogP contribution in [0, 0.1) is 0 Å². The topological polar surface area (TPSA) is 26.7 Å². The van der Waals surface area contributed by atoms with Crippen LogP contribution in [0.4, 0.5) is 5.69 Å². The van der Waals surface area contributed by atoms with E-state index in [1.54, 1.807) is 6.07 Å². The number of thioether (sulfide) groups is 2. The van der Waals surface area contributed by atoms with Crippen molar-refractivity contribution in [1.29, 1.82) is 0 Å². The number of hydrogen-bond acceptors (Lipinski definition) is 5. The van der Waals surface area contributed by atoms with E-state index in [2.05, 4.69) is 39.4 Å². The summed E-state index contributed by atoms with van der Waals surface area (Å²) < 4.78 is 0. The molecule has 0 amide bonds. The Labute approximate surface area is 129 Å². The minimum absolute atomic E-state index is 0.362. The molecule has 2 fully saturated rings. The maximum absolute atomic E-state index is 9.59. The van der Waals surface area contributed by atoms with Crippen LogP contribution in [0.5, 0.6) is 5.75 Å². The van der Waals surface area contributed by atoms with Crippen molar-refractivity contribution in [3.63, 3.8) is 0 Å². The molecular formula is C15H22N2OS2. The van der Waals surface area contributed by atoms with Crippen LogP contribution < -0.4 is 4.90 Å². The fourth-order valence-corrected chi connectivity index (χ4v) is 5.48. The number of aromatic hydroxyl groups is 1. The number of benzene rings is 1. The van der Waals surface area contributed by atoms with Gasteiger partial charge in [-0.3, -0.25) is 4.90 Å². The van der Waals surface area contributed by atoms with E-state index >= 15 is 0 Å². The Kier molecular flexibility index (Phi) is 5.02. The summed E-state index contributed by atoms with van der Waals surface area (Å²) in [4.78, 5) is 5.04. The maximum Gasteiger partial charge on any atom is 0.117 e. The lowest BCUT2D eigenvalue weighted by Gasteiger charge is -2.39.